The molecule has 1 aromatic heterocycles. The number of amides is 1. The Kier molecular flexibility index (Phi) is 4.67. The van der Waals surface area contributed by atoms with E-state index in [0.717, 1.165) is 37.8 Å². The Morgan fingerprint density at radius 3 is 2.65 bits per heavy atom. The van der Waals surface area contributed by atoms with Crippen LogP contribution in [0.5, 0.6) is 0 Å². The maximum Gasteiger partial charge on any atom is 0.266 e. The van der Waals surface area contributed by atoms with E-state index in [2.05, 4.69) is 0 Å². The molecule has 0 bridgehead atoms. The van der Waals surface area contributed by atoms with Crippen molar-refractivity contribution >= 4 is 40.3 Å². The molecule has 134 valence electrons. The van der Waals surface area contributed by atoms with Gasteiger partial charge < -0.3 is 4.42 Å². The molecule has 3 nitrogen and oxygen atoms in total. The second kappa shape index (κ2) is 6.96. The Labute approximate surface area is 159 Å². The maximum atomic E-state index is 13.4. The number of furan rings is 1. The van der Waals surface area contributed by atoms with Crippen molar-refractivity contribution in [3.8, 4) is 11.3 Å². The third kappa shape index (κ3) is 3.21. The number of carbonyl (C=O) groups excluding carboxylic acids is 1. The number of hydrogen-bond acceptors (Lipinski definition) is 4. The minimum Gasteiger partial charge on any atom is -0.457 e. The van der Waals surface area contributed by atoms with Gasteiger partial charge in [-0.3, -0.25) is 9.69 Å². The monoisotopic (exact) mass is 391 g/mol. The molecule has 7 heteroatoms. The molecule has 0 atom stereocenters. The van der Waals surface area contributed by atoms with Crippen LogP contribution in [0, 0.1) is 11.6 Å². The SMILES string of the molecule is O=C1C(=Cc2ccc(-c3ccc(F)c(F)c3)o2)SC(=S)N1C1CCCC1. The number of carbonyl (C=O) groups is 1. The molecule has 1 aliphatic carbocycles. The number of thiocarbonyl (C=S) groups is 1. The fourth-order valence-electron chi connectivity index (χ4n) is 3.32. The van der Waals surface area contributed by atoms with Gasteiger partial charge in [0, 0.05) is 17.7 Å². The van der Waals surface area contributed by atoms with Crippen LogP contribution in [0.3, 0.4) is 0 Å². The van der Waals surface area contributed by atoms with Crippen molar-refractivity contribution in [3.63, 3.8) is 0 Å². The van der Waals surface area contributed by atoms with Crippen molar-refractivity contribution in [1.29, 1.82) is 0 Å². The first kappa shape index (κ1) is 17.4. The molecular weight excluding hydrogens is 376 g/mol. The maximum absolute atomic E-state index is 13.4. The molecular formula is C19H15F2NO2S2. The summed E-state index contributed by atoms with van der Waals surface area (Å²) in [6, 6.07) is 7.13. The van der Waals surface area contributed by atoms with Crippen LogP contribution >= 0.6 is 24.0 Å². The van der Waals surface area contributed by atoms with E-state index in [1.165, 1.54) is 17.8 Å². The summed E-state index contributed by atoms with van der Waals surface area (Å²) in [4.78, 5) is 14.9. The van der Waals surface area contributed by atoms with E-state index in [9.17, 15) is 13.6 Å². The minimum atomic E-state index is -0.933. The van der Waals surface area contributed by atoms with Crippen LogP contribution in [-0.4, -0.2) is 21.2 Å². The number of nitrogens with zero attached hydrogens (tertiary/aromatic N) is 1. The number of rotatable bonds is 3. The van der Waals surface area contributed by atoms with Gasteiger partial charge in [0.15, 0.2) is 11.6 Å². The summed E-state index contributed by atoms with van der Waals surface area (Å²) >= 11 is 6.65. The summed E-state index contributed by atoms with van der Waals surface area (Å²) in [6.45, 7) is 0. The van der Waals surface area contributed by atoms with Crippen molar-refractivity contribution < 1.29 is 18.0 Å². The first-order valence-electron chi connectivity index (χ1n) is 8.35. The Balaban J connectivity index is 1.57. The molecule has 0 spiro atoms. The molecule has 1 aromatic carbocycles. The van der Waals surface area contributed by atoms with E-state index < -0.39 is 11.6 Å². The van der Waals surface area contributed by atoms with Crippen LogP contribution in [0.4, 0.5) is 8.78 Å². The molecule has 0 radical (unpaired) electrons. The van der Waals surface area contributed by atoms with Gasteiger partial charge in [-0.05, 0) is 43.2 Å². The molecule has 1 amide bonds. The number of thioether (sulfide) groups is 1. The minimum absolute atomic E-state index is 0.0855. The molecule has 1 saturated heterocycles. The highest BCUT2D eigenvalue weighted by atomic mass is 32.2. The predicted octanol–water partition coefficient (Wildman–Crippen LogP) is 5.37. The summed E-state index contributed by atoms with van der Waals surface area (Å²) in [5, 5.41) is 0. The van der Waals surface area contributed by atoms with E-state index in [4.69, 9.17) is 16.6 Å². The zero-order valence-corrected chi connectivity index (χ0v) is 15.3. The smallest absolute Gasteiger partial charge is 0.266 e. The van der Waals surface area contributed by atoms with Gasteiger partial charge in [-0.1, -0.05) is 36.8 Å². The Morgan fingerprint density at radius 1 is 1.15 bits per heavy atom. The van der Waals surface area contributed by atoms with Crippen LogP contribution in [0.1, 0.15) is 31.4 Å². The summed E-state index contributed by atoms with van der Waals surface area (Å²) in [5.41, 5.74) is 0.432. The summed E-state index contributed by atoms with van der Waals surface area (Å²) in [7, 11) is 0. The normalized spacial score (nSPS) is 19.9. The highest BCUT2D eigenvalue weighted by Crippen LogP contribution is 2.38. The molecule has 4 rings (SSSR count). The van der Waals surface area contributed by atoms with Gasteiger partial charge in [-0.2, -0.15) is 0 Å². The first-order chi connectivity index (χ1) is 12.5. The summed E-state index contributed by atoms with van der Waals surface area (Å²) < 4.78 is 32.7. The molecule has 26 heavy (non-hydrogen) atoms. The molecule has 1 aliphatic heterocycles. The predicted molar refractivity (Wildman–Crippen MR) is 101 cm³/mol. The zero-order chi connectivity index (χ0) is 18.3. The third-order valence-electron chi connectivity index (χ3n) is 4.62. The van der Waals surface area contributed by atoms with Gasteiger partial charge in [-0.25, -0.2) is 8.78 Å². The first-order valence-corrected chi connectivity index (χ1v) is 9.58. The van der Waals surface area contributed by atoms with Crippen molar-refractivity contribution in [3.05, 3.63) is 52.6 Å². The van der Waals surface area contributed by atoms with E-state index in [1.807, 2.05) is 0 Å². The summed E-state index contributed by atoms with van der Waals surface area (Å²) in [6.07, 6.45) is 5.87. The lowest BCUT2D eigenvalue weighted by atomic mass is 10.1. The Morgan fingerprint density at radius 2 is 1.92 bits per heavy atom. The van der Waals surface area contributed by atoms with Crippen molar-refractivity contribution in [2.45, 2.75) is 31.7 Å². The lowest BCUT2D eigenvalue weighted by molar-refractivity contribution is -0.123. The van der Waals surface area contributed by atoms with Gasteiger partial charge in [-0.15, -0.1) is 0 Å². The molecule has 2 aliphatic rings. The highest BCUT2D eigenvalue weighted by Gasteiger charge is 2.38. The van der Waals surface area contributed by atoms with Crippen LogP contribution < -0.4 is 0 Å². The third-order valence-corrected chi connectivity index (χ3v) is 5.95. The standard InChI is InChI=1S/C19H15F2NO2S2/c20-14-7-5-11(9-15(14)21)16-8-6-13(24-16)10-17-18(23)22(19(25)26-17)12-3-1-2-4-12/h5-10,12H,1-4H2. The molecule has 0 unspecified atom stereocenters. The molecule has 1 saturated carbocycles. The number of benzene rings is 1. The van der Waals surface area contributed by atoms with Crippen molar-refractivity contribution in [2.24, 2.45) is 0 Å². The lowest BCUT2D eigenvalue weighted by Gasteiger charge is -2.21. The van der Waals surface area contributed by atoms with E-state index >= 15 is 0 Å². The fourth-order valence-corrected chi connectivity index (χ4v) is 4.70. The summed E-state index contributed by atoms with van der Waals surface area (Å²) in [5.74, 6) is -1.05. The van der Waals surface area contributed by atoms with Gasteiger partial charge in [0.1, 0.15) is 15.8 Å². The second-order valence-electron chi connectivity index (χ2n) is 6.32. The average molecular weight is 391 g/mol. The quantitative estimate of drug-likeness (QED) is 0.520. The zero-order valence-electron chi connectivity index (χ0n) is 13.7. The highest BCUT2D eigenvalue weighted by molar-refractivity contribution is 8.26. The second-order valence-corrected chi connectivity index (χ2v) is 8.00. The fraction of sp³-hybridized carbons (Fsp3) is 0.263. The average Bonchev–Trinajstić information content (AvgIpc) is 3.33. The van der Waals surface area contributed by atoms with Crippen LogP contribution in [-0.2, 0) is 4.79 Å². The number of hydrogen-bond donors (Lipinski definition) is 0. The molecule has 2 heterocycles. The van der Waals surface area contributed by atoms with Crippen molar-refractivity contribution in [2.75, 3.05) is 0 Å². The Hall–Kier alpha value is -1.99. The van der Waals surface area contributed by atoms with Gasteiger partial charge in [0.2, 0.25) is 0 Å². The van der Waals surface area contributed by atoms with Gasteiger partial charge >= 0.3 is 0 Å². The van der Waals surface area contributed by atoms with E-state index in [1.54, 1.807) is 23.1 Å². The van der Waals surface area contributed by atoms with E-state index in [0.29, 0.717) is 26.3 Å². The van der Waals surface area contributed by atoms with Crippen LogP contribution in [0.2, 0.25) is 0 Å². The lowest BCUT2D eigenvalue weighted by Crippen LogP contribution is -2.36. The van der Waals surface area contributed by atoms with Crippen LogP contribution in [0.25, 0.3) is 17.4 Å². The van der Waals surface area contributed by atoms with E-state index in [-0.39, 0.29) is 11.9 Å². The largest absolute Gasteiger partial charge is 0.457 e. The number of halogens is 2. The Bertz CT molecular complexity index is 916. The van der Waals surface area contributed by atoms with Gasteiger partial charge in [0.25, 0.3) is 5.91 Å². The molecule has 2 fully saturated rings. The molecule has 0 N–H and O–H groups in total. The van der Waals surface area contributed by atoms with Crippen molar-refractivity contribution in [1.82, 2.24) is 4.90 Å². The topological polar surface area (TPSA) is 33.5 Å². The molecule has 2 aromatic rings. The van der Waals surface area contributed by atoms with Crippen LogP contribution in [0.15, 0.2) is 39.7 Å². The van der Waals surface area contributed by atoms with Gasteiger partial charge in [0.05, 0.1) is 4.91 Å².